The van der Waals surface area contributed by atoms with Crippen LogP contribution in [-0.4, -0.2) is 49.4 Å². The van der Waals surface area contributed by atoms with Gasteiger partial charge in [-0.1, -0.05) is 39.0 Å². The van der Waals surface area contributed by atoms with E-state index >= 15 is 0 Å². The highest BCUT2D eigenvalue weighted by molar-refractivity contribution is 4.49. The Morgan fingerprint density at radius 1 is 0.842 bits per heavy atom. The summed E-state index contributed by atoms with van der Waals surface area (Å²) in [7, 11) is 0. The number of ether oxygens (including phenoxy) is 2. The number of aliphatic hydroxyl groups is 2. The summed E-state index contributed by atoms with van der Waals surface area (Å²) in [5, 5.41) is 17.5. The maximum absolute atomic E-state index is 8.96. The van der Waals surface area contributed by atoms with Crippen molar-refractivity contribution in [3.05, 3.63) is 0 Å². The fourth-order valence-electron chi connectivity index (χ4n) is 1.46. The molecular weight excluding hydrogens is 244 g/mol. The Morgan fingerprint density at radius 2 is 1.42 bits per heavy atom. The van der Waals surface area contributed by atoms with Gasteiger partial charge in [-0.2, -0.15) is 0 Å². The molecule has 1 atom stereocenters. The van der Waals surface area contributed by atoms with Gasteiger partial charge in [-0.25, -0.2) is 0 Å². The monoisotopic (exact) mass is 278 g/mol. The second-order valence-electron chi connectivity index (χ2n) is 4.46. The Bertz CT molecular complexity index is 140. The summed E-state index contributed by atoms with van der Waals surface area (Å²) in [5.41, 5.74) is 0. The van der Waals surface area contributed by atoms with E-state index in [2.05, 4.69) is 6.92 Å². The summed E-state index contributed by atoms with van der Waals surface area (Å²) in [5.74, 6) is 0. The third kappa shape index (κ3) is 23.4. The summed E-state index contributed by atoms with van der Waals surface area (Å²) in [4.78, 5) is 0. The second-order valence-corrected chi connectivity index (χ2v) is 4.46. The number of hydrogen-bond donors (Lipinski definition) is 2. The molecule has 0 aromatic heterocycles. The maximum atomic E-state index is 8.96. The van der Waals surface area contributed by atoms with E-state index in [0.29, 0.717) is 6.61 Å². The highest BCUT2D eigenvalue weighted by Gasteiger charge is 2.00. The van der Waals surface area contributed by atoms with E-state index in [0.717, 1.165) is 19.6 Å². The molecule has 2 N–H and O–H groups in total. The first-order chi connectivity index (χ1) is 9.22. The van der Waals surface area contributed by atoms with E-state index in [9.17, 15) is 0 Å². The molecule has 0 saturated carbocycles. The van der Waals surface area contributed by atoms with E-state index < -0.39 is 6.10 Å². The van der Waals surface area contributed by atoms with Crippen LogP contribution in [0.25, 0.3) is 0 Å². The average Bonchev–Trinajstić information content (AvgIpc) is 2.43. The Morgan fingerprint density at radius 3 is 1.89 bits per heavy atom. The molecule has 0 saturated heterocycles. The minimum absolute atomic E-state index is 0.212. The number of hydrogen-bond acceptors (Lipinski definition) is 4. The normalized spacial score (nSPS) is 11.8. The van der Waals surface area contributed by atoms with Crippen LogP contribution in [-0.2, 0) is 9.47 Å². The Labute approximate surface area is 119 Å². The third-order valence-corrected chi connectivity index (χ3v) is 2.57. The minimum atomic E-state index is -0.713. The first-order valence-electron chi connectivity index (χ1n) is 7.67. The molecule has 0 aliphatic rings. The molecule has 0 heterocycles. The van der Waals surface area contributed by atoms with Gasteiger partial charge in [0.1, 0.15) is 6.10 Å². The maximum Gasteiger partial charge on any atom is 0.100 e. The van der Waals surface area contributed by atoms with Crippen LogP contribution in [0.2, 0.25) is 0 Å². The van der Waals surface area contributed by atoms with Crippen LogP contribution in [0.4, 0.5) is 0 Å². The number of rotatable bonds is 12. The highest BCUT2D eigenvalue weighted by Crippen LogP contribution is 2.04. The lowest BCUT2D eigenvalue weighted by Gasteiger charge is -2.07. The van der Waals surface area contributed by atoms with Crippen molar-refractivity contribution in [2.45, 2.75) is 65.4 Å². The van der Waals surface area contributed by atoms with Crippen LogP contribution in [0.3, 0.4) is 0 Å². The third-order valence-electron chi connectivity index (χ3n) is 2.57. The molecule has 0 radical (unpaired) electrons. The van der Waals surface area contributed by atoms with Gasteiger partial charge < -0.3 is 19.7 Å². The topological polar surface area (TPSA) is 58.9 Å². The summed E-state index contributed by atoms with van der Waals surface area (Å²) in [6.07, 6.45) is 6.74. The molecular formula is C15H34O4. The predicted octanol–water partition coefficient (Wildman–Crippen LogP) is 2.76. The standard InChI is InChI=1S/C11H24O3.C4H10O/c1-2-3-4-5-6-7-8-14-10-11(13)9-12;1-3-5-4-2/h11-13H,2-10H2,1H3;3-4H2,1-2H3. The van der Waals surface area contributed by atoms with E-state index in [-0.39, 0.29) is 13.2 Å². The summed E-state index contributed by atoms with van der Waals surface area (Å²) >= 11 is 0. The summed E-state index contributed by atoms with van der Waals surface area (Å²) in [6, 6.07) is 0. The van der Waals surface area contributed by atoms with E-state index in [1.54, 1.807) is 0 Å². The van der Waals surface area contributed by atoms with Gasteiger partial charge >= 0.3 is 0 Å². The van der Waals surface area contributed by atoms with Crippen LogP contribution in [0.5, 0.6) is 0 Å². The lowest BCUT2D eigenvalue weighted by atomic mass is 10.1. The summed E-state index contributed by atoms with van der Waals surface area (Å²) < 4.78 is 10.0. The van der Waals surface area contributed by atoms with Crippen LogP contribution in [0.15, 0.2) is 0 Å². The molecule has 0 rings (SSSR count). The van der Waals surface area contributed by atoms with Crippen LogP contribution >= 0.6 is 0 Å². The van der Waals surface area contributed by atoms with Gasteiger partial charge in [0.2, 0.25) is 0 Å². The van der Waals surface area contributed by atoms with Gasteiger partial charge in [0.25, 0.3) is 0 Å². The SMILES string of the molecule is CCCCCCCCOCC(O)CO.CCOCC. The van der Waals surface area contributed by atoms with Crippen molar-refractivity contribution in [3.8, 4) is 0 Å². The molecule has 0 fully saturated rings. The van der Waals surface area contributed by atoms with Crippen molar-refractivity contribution in [2.24, 2.45) is 0 Å². The molecule has 0 amide bonds. The fraction of sp³-hybridized carbons (Fsp3) is 1.00. The number of aliphatic hydroxyl groups excluding tert-OH is 2. The summed E-state index contributed by atoms with van der Waals surface area (Å²) in [6.45, 7) is 8.62. The Kier molecular flexibility index (Phi) is 22.4. The van der Waals surface area contributed by atoms with Gasteiger partial charge in [0.15, 0.2) is 0 Å². The van der Waals surface area contributed by atoms with Crippen molar-refractivity contribution in [2.75, 3.05) is 33.0 Å². The molecule has 0 aromatic carbocycles. The van der Waals surface area contributed by atoms with Crippen molar-refractivity contribution in [1.29, 1.82) is 0 Å². The highest BCUT2D eigenvalue weighted by atomic mass is 16.5. The zero-order valence-corrected chi connectivity index (χ0v) is 13.1. The largest absolute Gasteiger partial charge is 0.394 e. The lowest BCUT2D eigenvalue weighted by molar-refractivity contribution is 0.00526. The molecule has 0 aliphatic carbocycles. The van der Waals surface area contributed by atoms with E-state index in [4.69, 9.17) is 19.7 Å². The van der Waals surface area contributed by atoms with Gasteiger partial charge in [0.05, 0.1) is 13.2 Å². The lowest BCUT2D eigenvalue weighted by Crippen LogP contribution is -2.19. The molecule has 4 nitrogen and oxygen atoms in total. The van der Waals surface area contributed by atoms with Gasteiger partial charge in [-0.05, 0) is 20.3 Å². The van der Waals surface area contributed by atoms with Crippen LogP contribution in [0, 0.1) is 0 Å². The van der Waals surface area contributed by atoms with Crippen LogP contribution < -0.4 is 0 Å². The first-order valence-corrected chi connectivity index (χ1v) is 7.67. The van der Waals surface area contributed by atoms with Crippen molar-refractivity contribution in [1.82, 2.24) is 0 Å². The Hall–Kier alpha value is -0.160. The first kappa shape index (κ1) is 21.1. The molecule has 1 unspecified atom stereocenters. The van der Waals surface area contributed by atoms with Gasteiger partial charge in [-0.15, -0.1) is 0 Å². The van der Waals surface area contributed by atoms with Crippen LogP contribution in [0.1, 0.15) is 59.3 Å². The fourth-order valence-corrected chi connectivity index (χ4v) is 1.46. The molecule has 4 heteroatoms. The van der Waals surface area contributed by atoms with Crippen molar-refractivity contribution in [3.63, 3.8) is 0 Å². The minimum Gasteiger partial charge on any atom is -0.394 e. The zero-order chi connectivity index (χ0) is 14.8. The molecule has 0 aliphatic heterocycles. The van der Waals surface area contributed by atoms with Gasteiger partial charge in [-0.3, -0.25) is 0 Å². The van der Waals surface area contributed by atoms with Gasteiger partial charge in [0, 0.05) is 19.8 Å². The quantitative estimate of drug-likeness (QED) is 0.539. The molecule has 0 bridgehead atoms. The second kappa shape index (κ2) is 20.2. The molecule has 0 aromatic rings. The molecule has 0 spiro atoms. The number of unbranched alkanes of at least 4 members (excludes halogenated alkanes) is 5. The van der Waals surface area contributed by atoms with E-state index in [1.165, 1.54) is 32.1 Å². The van der Waals surface area contributed by atoms with Crippen molar-refractivity contribution >= 4 is 0 Å². The van der Waals surface area contributed by atoms with E-state index in [1.807, 2.05) is 13.8 Å². The zero-order valence-electron chi connectivity index (χ0n) is 13.1. The predicted molar refractivity (Wildman–Crippen MR) is 79.5 cm³/mol. The average molecular weight is 278 g/mol. The van der Waals surface area contributed by atoms with Crippen molar-refractivity contribution < 1.29 is 19.7 Å². The molecule has 19 heavy (non-hydrogen) atoms. The molecule has 118 valence electrons. The Balaban J connectivity index is 0. The smallest absolute Gasteiger partial charge is 0.100 e.